The molecule has 0 aliphatic rings. The van der Waals surface area contributed by atoms with Gasteiger partial charge in [0.05, 0.1) is 38.7 Å². The maximum Gasteiger partial charge on any atom is 0.328 e. The highest BCUT2D eigenvalue weighted by atomic mass is 32.2. The Balaban J connectivity index is 3.34. The fourth-order valence-corrected chi connectivity index (χ4v) is 5.91. The Morgan fingerprint density at radius 2 is 0.984 bits per heavy atom. The molecule has 0 fully saturated rings. The van der Waals surface area contributed by atoms with Crippen molar-refractivity contribution in [1.29, 1.82) is 0 Å². The number of aliphatic hydroxyl groups is 3. The lowest BCUT2D eigenvalue weighted by Crippen LogP contribution is -2.61. The molecule has 24 nitrogen and oxygen atoms in total. The van der Waals surface area contributed by atoms with Crippen LogP contribution < -0.4 is 48.7 Å². The van der Waals surface area contributed by atoms with E-state index in [1.54, 1.807) is 50.4 Å². The van der Waals surface area contributed by atoms with Gasteiger partial charge < -0.3 is 74.2 Å². The zero-order chi connectivity index (χ0) is 47.1. The molecule has 25 heteroatoms. The number of carbonyl (C=O) groups is 10. The lowest BCUT2D eigenvalue weighted by atomic mass is 10.0. The second kappa shape index (κ2) is 27.9. The number of primary amides is 1. The summed E-state index contributed by atoms with van der Waals surface area (Å²) in [5, 5.41) is 63.4. The largest absolute Gasteiger partial charge is 0.481 e. The Morgan fingerprint density at radius 3 is 1.44 bits per heavy atom. The number of hydrogen-bond acceptors (Lipinski definition) is 15. The molecule has 0 bridgehead atoms. The number of nitrogens with one attached hydrogen (secondary N) is 7. The Hall–Kier alpha value is -5.89. The molecule has 8 atom stereocenters. The van der Waals surface area contributed by atoms with Crippen molar-refractivity contribution in [3.05, 3.63) is 35.9 Å². The Morgan fingerprint density at radius 1 is 0.581 bits per heavy atom. The number of rotatable bonds is 29. The van der Waals surface area contributed by atoms with Crippen LogP contribution in [0, 0.1) is 5.92 Å². The van der Waals surface area contributed by atoms with Crippen LogP contribution in [0.3, 0.4) is 0 Å². The van der Waals surface area contributed by atoms with Crippen LogP contribution in [0.5, 0.6) is 0 Å². The van der Waals surface area contributed by atoms with Gasteiger partial charge in [0, 0.05) is 6.42 Å². The number of thioether (sulfide) groups is 1. The molecule has 0 radical (unpaired) electrons. The van der Waals surface area contributed by atoms with Crippen LogP contribution in [-0.2, 0) is 54.4 Å². The predicted molar refractivity (Wildman–Crippen MR) is 219 cm³/mol. The third-order valence-electron chi connectivity index (χ3n) is 8.70. The van der Waals surface area contributed by atoms with Gasteiger partial charge in [-0.25, -0.2) is 4.79 Å². The molecule has 1 rings (SSSR count). The second-order valence-corrected chi connectivity index (χ2v) is 15.3. The van der Waals surface area contributed by atoms with Crippen LogP contribution in [0.25, 0.3) is 0 Å². The van der Waals surface area contributed by atoms with Crippen molar-refractivity contribution in [1.82, 2.24) is 37.2 Å². The third kappa shape index (κ3) is 19.7. The van der Waals surface area contributed by atoms with Crippen LogP contribution in [0.4, 0.5) is 0 Å². The van der Waals surface area contributed by atoms with Crippen molar-refractivity contribution in [3.8, 4) is 0 Å². The molecule has 0 heterocycles. The first kappa shape index (κ1) is 54.1. The molecular weight excluding hydrogens is 843 g/mol. The fourth-order valence-electron chi connectivity index (χ4n) is 5.42. The second-order valence-electron chi connectivity index (χ2n) is 14.3. The molecule has 62 heavy (non-hydrogen) atoms. The number of carboxylic acids is 2. The van der Waals surface area contributed by atoms with Gasteiger partial charge in [0.15, 0.2) is 0 Å². The first-order valence-corrected chi connectivity index (χ1v) is 20.5. The number of aliphatic carboxylic acids is 2. The summed E-state index contributed by atoms with van der Waals surface area (Å²) in [6, 6.07) is -5.08. The van der Waals surface area contributed by atoms with Gasteiger partial charge in [0.25, 0.3) is 0 Å². The van der Waals surface area contributed by atoms with Gasteiger partial charge in [-0.3, -0.25) is 43.2 Å². The van der Waals surface area contributed by atoms with Gasteiger partial charge in [-0.2, -0.15) is 11.8 Å². The average molecular weight is 900 g/mol. The van der Waals surface area contributed by atoms with E-state index in [0.717, 1.165) is 0 Å². The predicted octanol–water partition coefficient (Wildman–Crippen LogP) is -5.84. The lowest BCUT2D eigenvalue weighted by Gasteiger charge is -2.27. The van der Waals surface area contributed by atoms with Gasteiger partial charge in [-0.15, -0.1) is 0 Å². The monoisotopic (exact) mass is 899 g/mol. The molecule has 1 aromatic carbocycles. The first-order chi connectivity index (χ1) is 29.2. The van der Waals surface area contributed by atoms with E-state index in [4.69, 9.17) is 16.6 Å². The number of benzene rings is 1. The summed E-state index contributed by atoms with van der Waals surface area (Å²) in [4.78, 5) is 128. The third-order valence-corrected chi connectivity index (χ3v) is 9.35. The summed E-state index contributed by atoms with van der Waals surface area (Å²) in [5.74, 6) is -11.7. The molecule has 16 N–H and O–H groups in total. The van der Waals surface area contributed by atoms with Crippen LogP contribution in [0.15, 0.2) is 30.3 Å². The van der Waals surface area contributed by atoms with E-state index in [-0.39, 0.29) is 25.2 Å². The molecule has 0 spiro atoms. The van der Waals surface area contributed by atoms with Crippen LogP contribution in [0.1, 0.15) is 45.1 Å². The highest BCUT2D eigenvalue weighted by molar-refractivity contribution is 7.98. The smallest absolute Gasteiger partial charge is 0.328 e. The van der Waals surface area contributed by atoms with Gasteiger partial charge in [-0.1, -0.05) is 44.2 Å². The highest BCUT2D eigenvalue weighted by Gasteiger charge is 2.35. The normalized spacial score (nSPS) is 14.8. The standard InChI is InChI=1S/C37H57N9O15S/c1-18(2)11-21(41-35(58)25(15-47)45-33(56)23(13-28(39)50)40-30(53)20(38)9-10-62-3)31(54)43-24(14-29(51)52)34(57)42-22(12-19-7-5-4-6-8-19)32(55)44-26(16-48)36(59)46-27(17-49)37(60)61/h4-8,18,20-27,47-49H,9-17,38H2,1-3H3,(H2,39,50)(H,40,53)(H,41,58)(H,42,57)(H,43,54)(H,44,55)(H,45,56)(H,46,59)(H,51,52)(H,60,61). The zero-order valence-electron chi connectivity index (χ0n) is 34.3. The van der Waals surface area contributed by atoms with Gasteiger partial charge in [0.2, 0.25) is 47.3 Å². The Kier molecular flexibility index (Phi) is 24.3. The molecule has 346 valence electrons. The summed E-state index contributed by atoms with van der Waals surface area (Å²) >= 11 is 1.41. The summed E-state index contributed by atoms with van der Waals surface area (Å²) in [6.45, 7) is 0.177. The van der Waals surface area contributed by atoms with E-state index in [2.05, 4.69) is 31.9 Å². The number of amides is 8. The van der Waals surface area contributed by atoms with E-state index >= 15 is 0 Å². The SMILES string of the molecule is CSCCC(N)C(=O)NC(CC(N)=O)C(=O)NC(CO)C(=O)NC(CC(C)C)C(=O)NC(CC(=O)O)C(=O)NC(Cc1ccccc1)C(=O)NC(CO)C(=O)NC(CO)C(=O)O. The molecule has 0 saturated heterocycles. The Labute approximate surface area is 360 Å². The molecule has 8 amide bonds. The number of aliphatic hydroxyl groups excluding tert-OH is 3. The van der Waals surface area contributed by atoms with E-state index in [1.807, 2.05) is 5.32 Å². The molecule has 0 aliphatic heterocycles. The summed E-state index contributed by atoms with van der Waals surface area (Å²) in [7, 11) is 0. The van der Waals surface area contributed by atoms with Crippen molar-refractivity contribution in [2.24, 2.45) is 17.4 Å². The molecule has 0 aliphatic carbocycles. The number of carboxylic acid groups (broad SMARTS) is 2. The molecule has 1 aromatic rings. The quantitative estimate of drug-likeness (QED) is 0.0356. The summed E-state index contributed by atoms with van der Waals surface area (Å²) < 4.78 is 0. The molecule has 0 saturated carbocycles. The van der Waals surface area contributed by atoms with E-state index < -0.39 is 140 Å². The van der Waals surface area contributed by atoms with Crippen molar-refractivity contribution in [3.63, 3.8) is 0 Å². The number of carbonyl (C=O) groups excluding carboxylic acids is 8. The average Bonchev–Trinajstić information content (AvgIpc) is 3.21. The molecule has 0 aromatic heterocycles. The van der Waals surface area contributed by atoms with Crippen molar-refractivity contribution < 1.29 is 73.5 Å². The van der Waals surface area contributed by atoms with Gasteiger partial charge in [-0.05, 0) is 36.3 Å². The minimum absolute atomic E-state index is 0.137. The summed E-state index contributed by atoms with van der Waals surface area (Å²) in [5.41, 5.74) is 11.6. The van der Waals surface area contributed by atoms with Crippen molar-refractivity contribution >= 4 is 71.0 Å². The van der Waals surface area contributed by atoms with Crippen LogP contribution >= 0.6 is 11.8 Å². The van der Waals surface area contributed by atoms with E-state index in [0.29, 0.717) is 11.3 Å². The van der Waals surface area contributed by atoms with E-state index in [9.17, 15) is 68.4 Å². The van der Waals surface area contributed by atoms with Gasteiger partial charge in [0.1, 0.15) is 42.3 Å². The fraction of sp³-hybridized carbons (Fsp3) is 0.568. The first-order valence-electron chi connectivity index (χ1n) is 19.1. The van der Waals surface area contributed by atoms with Crippen LogP contribution in [0.2, 0.25) is 0 Å². The number of hydrogen-bond donors (Lipinski definition) is 14. The van der Waals surface area contributed by atoms with Crippen LogP contribution in [-0.4, -0.2) is 165 Å². The zero-order valence-corrected chi connectivity index (χ0v) is 35.1. The lowest BCUT2D eigenvalue weighted by molar-refractivity contribution is -0.143. The van der Waals surface area contributed by atoms with Crippen molar-refractivity contribution in [2.45, 2.75) is 94.3 Å². The topological polar surface area (TPSA) is 408 Å². The molecular formula is C37H57N9O15S. The number of nitrogens with two attached hydrogens (primary N) is 2. The van der Waals surface area contributed by atoms with Gasteiger partial charge >= 0.3 is 11.9 Å². The minimum Gasteiger partial charge on any atom is -0.481 e. The summed E-state index contributed by atoms with van der Waals surface area (Å²) in [6.07, 6.45) is -0.165. The maximum absolute atomic E-state index is 13.7. The maximum atomic E-state index is 13.7. The molecule has 8 unspecified atom stereocenters. The highest BCUT2D eigenvalue weighted by Crippen LogP contribution is 2.09. The Bertz CT molecular complexity index is 1720. The van der Waals surface area contributed by atoms with E-state index in [1.165, 1.54) is 11.8 Å². The minimum atomic E-state index is -1.91. The van der Waals surface area contributed by atoms with Crippen molar-refractivity contribution in [2.75, 3.05) is 31.8 Å².